The van der Waals surface area contributed by atoms with E-state index in [4.69, 9.17) is 0 Å². The summed E-state index contributed by atoms with van der Waals surface area (Å²) in [5.41, 5.74) is 0.720. The Hall–Kier alpha value is -0.0581. The van der Waals surface area contributed by atoms with Crippen molar-refractivity contribution >= 4 is 5.78 Å². The molecule has 0 heterocycles. The molecular formula is C8H7OU-. The Kier molecular flexibility index (Phi) is 4.68. The van der Waals surface area contributed by atoms with Crippen molar-refractivity contribution in [3.05, 3.63) is 35.9 Å². The largest absolute Gasteiger partial charge is 0.309 e. The zero-order valence-electron chi connectivity index (χ0n) is 5.72. The molecule has 0 radical (unpaired) electrons. The maximum absolute atomic E-state index is 10.6. The molecule has 1 rings (SSSR count). The average Bonchev–Trinajstić information content (AvgIpc) is 1.90. The first-order valence-electron chi connectivity index (χ1n) is 2.78. The fourth-order valence-corrected chi connectivity index (χ4v) is 0.612. The Bertz CT molecular complexity index is 206. The van der Waals surface area contributed by atoms with Crippen LogP contribution in [-0.4, -0.2) is 5.78 Å². The molecule has 50 valence electrons. The molecule has 0 amide bonds. The van der Waals surface area contributed by atoms with Gasteiger partial charge in [0.1, 0.15) is 5.78 Å². The van der Waals surface area contributed by atoms with E-state index in [1.165, 1.54) is 0 Å². The van der Waals surface area contributed by atoms with Gasteiger partial charge in [-0.3, -0.25) is 0 Å². The van der Waals surface area contributed by atoms with Gasteiger partial charge >= 0.3 is 0 Å². The second kappa shape index (κ2) is 4.71. The van der Waals surface area contributed by atoms with E-state index in [-0.39, 0.29) is 36.9 Å². The molecule has 1 nitrogen and oxygen atoms in total. The van der Waals surface area contributed by atoms with Crippen LogP contribution in [0.5, 0.6) is 0 Å². The SMILES string of the molecule is CC(=O)c1c[c-]ccc1.[U]. The molecule has 0 aliphatic carbocycles. The van der Waals surface area contributed by atoms with Gasteiger partial charge in [0, 0.05) is 31.1 Å². The van der Waals surface area contributed by atoms with Crippen LogP contribution in [-0.2, 0) is 0 Å². The Morgan fingerprint density at radius 2 is 2.30 bits per heavy atom. The van der Waals surface area contributed by atoms with Crippen molar-refractivity contribution in [1.29, 1.82) is 0 Å². The molecule has 0 N–H and O–H groups in total. The quantitative estimate of drug-likeness (QED) is 0.552. The minimum absolute atomic E-state index is 0. The van der Waals surface area contributed by atoms with Crippen molar-refractivity contribution in [2.75, 3.05) is 0 Å². The van der Waals surface area contributed by atoms with Crippen molar-refractivity contribution in [1.82, 2.24) is 0 Å². The first-order chi connectivity index (χ1) is 4.30. The number of carbonyl (C=O) groups excluding carboxylic acids is 1. The van der Waals surface area contributed by atoms with E-state index in [0.29, 0.717) is 0 Å². The van der Waals surface area contributed by atoms with Crippen LogP contribution in [0.3, 0.4) is 0 Å². The van der Waals surface area contributed by atoms with Crippen LogP contribution in [0.15, 0.2) is 24.3 Å². The van der Waals surface area contributed by atoms with Gasteiger partial charge in [0.05, 0.1) is 0 Å². The second-order valence-corrected chi connectivity index (χ2v) is 1.85. The minimum atomic E-state index is 0. The van der Waals surface area contributed by atoms with Crippen LogP contribution in [0.25, 0.3) is 0 Å². The smallest absolute Gasteiger partial charge is 0.105 e. The molecule has 1 aromatic carbocycles. The van der Waals surface area contributed by atoms with Gasteiger partial charge in [-0.1, -0.05) is 5.56 Å². The summed E-state index contributed by atoms with van der Waals surface area (Å²) >= 11 is 0. The number of hydrogen-bond donors (Lipinski definition) is 0. The normalized spacial score (nSPS) is 8.10. The molecule has 0 saturated carbocycles. The molecule has 0 aliphatic rings. The van der Waals surface area contributed by atoms with E-state index in [1.54, 1.807) is 31.2 Å². The van der Waals surface area contributed by atoms with Crippen LogP contribution < -0.4 is 0 Å². The molecule has 1 aromatic rings. The molecule has 0 bridgehead atoms. The van der Waals surface area contributed by atoms with Gasteiger partial charge in [-0.05, 0) is 6.92 Å². The summed E-state index contributed by atoms with van der Waals surface area (Å²) in [6.07, 6.45) is 0. The number of benzene rings is 1. The maximum atomic E-state index is 10.6. The summed E-state index contributed by atoms with van der Waals surface area (Å²) in [7, 11) is 0. The number of ketones is 1. The van der Waals surface area contributed by atoms with Crippen LogP contribution in [0, 0.1) is 37.2 Å². The van der Waals surface area contributed by atoms with E-state index in [0.717, 1.165) is 5.56 Å². The maximum Gasteiger partial charge on any atom is 0.105 e. The second-order valence-electron chi connectivity index (χ2n) is 1.85. The van der Waals surface area contributed by atoms with Crippen molar-refractivity contribution < 1.29 is 35.9 Å². The fourth-order valence-electron chi connectivity index (χ4n) is 0.612. The summed E-state index contributed by atoms with van der Waals surface area (Å²) < 4.78 is 0. The Morgan fingerprint density at radius 3 is 2.60 bits per heavy atom. The van der Waals surface area contributed by atoms with E-state index < -0.39 is 0 Å². The van der Waals surface area contributed by atoms with E-state index >= 15 is 0 Å². The molecule has 10 heavy (non-hydrogen) atoms. The molecule has 0 aromatic heterocycles. The minimum Gasteiger partial charge on any atom is -0.309 e. The summed E-state index contributed by atoms with van der Waals surface area (Å²) in [5, 5.41) is 0. The van der Waals surface area contributed by atoms with E-state index in [2.05, 4.69) is 6.07 Å². The first kappa shape index (κ1) is 9.94. The summed E-state index contributed by atoms with van der Waals surface area (Å²) in [6, 6.07) is 9.85. The molecule has 0 unspecified atom stereocenters. The Labute approximate surface area is 84.2 Å². The first-order valence-corrected chi connectivity index (χ1v) is 2.78. The topological polar surface area (TPSA) is 17.1 Å². The van der Waals surface area contributed by atoms with Gasteiger partial charge < -0.3 is 4.79 Å². The van der Waals surface area contributed by atoms with E-state index in [9.17, 15) is 4.79 Å². The zero-order valence-corrected chi connectivity index (χ0v) is 9.88. The summed E-state index contributed by atoms with van der Waals surface area (Å²) in [5.74, 6) is 0.0897. The number of hydrogen-bond acceptors (Lipinski definition) is 1. The average molecular weight is 357 g/mol. The monoisotopic (exact) mass is 357 g/mol. The standard InChI is InChI=1S/C8H7O.U/c1-7(9)8-5-3-2-4-6-8;/h2-3,5-6H,1H3;/q-1;. The molecule has 0 aliphatic heterocycles. The van der Waals surface area contributed by atoms with Crippen LogP contribution in [0.2, 0.25) is 0 Å². The van der Waals surface area contributed by atoms with Crippen LogP contribution in [0.1, 0.15) is 17.3 Å². The van der Waals surface area contributed by atoms with Crippen molar-refractivity contribution in [2.24, 2.45) is 0 Å². The fraction of sp³-hybridized carbons (Fsp3) is 0.125. The number of rotatable bonds is 1. The Morgan fingerprint density at radius 1 is 1.60 bits per heavy atom. The third-order valence-electron chi connectivity index (χ3n) is 1.11. The molecule has 2 heteroatoms. The molecule has 0 fully saturated rings. The predicted molar refractivity (Wildman–Crippen MR) is 35.3 cm³/mol. The van der Waals surface area contributed by atoms with Crippen LogP contribution in [0.4, 0.5) is 0 Å². The van der Waals surface area contributed by atoms with Gasteiger partial charge in [-0.25, -0.2) is 0 Å². The zero-order chi connectivity index (χ0) is 6.69. The Balaban J connectivity index is 0.000000810. The van der Waals surface area contributed by atoms with Gasteiger partial charge in [0.2, 0.25) is 0 Å². The molecule has 0 spiro atoms. The number of carbonyl (C=O) groups is 1. The van der Waals surface area contributed by atoms with Crippen molar-refractivity contribution in [3.63, 3.8) is 0 Å². The van der Waals surface area contributed by atoms with Gasteiger partial charge in [0.25, 0.3) is 0 Å². The third kappa shape index (κ3) is 2.68. The summed E-state index contributed by atoms with van der Waals surface area (Å²) in [6.45, 7) is 1.54. The van der Waals surface area contributed by atoms with E-state index in [1.807, 2.05) is 0 Å². The third-order valence-corrected chi connectivity index (χ3v) is 1.11. The predicted octanol–water partition coefficient (Wildman–Crippen LogP) is 1.69. The van der Waals surface area contributed by atoms with Crippen molar-refractivity contribution in [3.8, 4) is 0 Å². The molecule has 0 atom stereocenters. The molecule has 0 saturated heterocycles. The molecular weight excluding hydrogens is 350 g/mol. The van der Waals surface area contributed by atoms with Gasteiger partial charge in [0.15, 0.2) is 0 Å². The van der Waals surface area contributed by atoms with Crippen molar-refractivity contribution in [2.45, 2.75) is 6.92 Å². The van der Waals surface area contributed by atoms with Crippen LogP contribution >= 0.6 is 0 Å². The van der Waals surface area contributed by atoms with Gasteiger partial charge in [-0.2, -0.15) is 30.3 Å². The van der Waals surface area contributed by atoms with Gasteiger partial charge in [-0.15, -0.1) is 0 Å². The summed E-state index contributed by atoms with van der Waals surface area (Å²) in [4.78, 5) is 10.6. The number of Topliss-reactive ketones (excluding diaryl/α,β-unsaturated/α-hetero) is 1.